The zero-order valence-corrected chi connectivity index (χ0v) is 8.03. The highest BCUT2D eigenvalue weighted by Crippen LogP contribution is 2.01. The molecule has 0 radical (unpaired) electrons. The van der Waals surface area contributed by atoms with Gasteiger partial charge in [-0.05, 0) is 20.3 Å². The Hall–Kier alpha value is -0.130. The predicted octanol–water partition coefficient (Wildman–Crippen LogP) is -0.337. The Morgan fingerprint density at radius 1 is 1.45 bits per heavy atom. The van der Waals surface area contributed by atoms with Crippen LogP contribution in [0, 0.1) is 0 Å². The molecule has 4 nitrogen and oxygen atoms in total. The van der Waals surface area contributed by atoms with Gasteiger partial charge in [0.1, 0.15) is 0 Å². The van der Waals surface area contributed by atoms with Crippen LogP contribution in [0.15, 0.2) is 0 Å². The molecule has 0 amide bonds. The van der Waals surface area contributed by atoms with Gasteiger partial charge in [-0.25, -0.2) is 13.1 Å². The third-order valence-electron chi connectivity index (χ3n) is 1.13. The van der Waals surface area contributed by atoms with Crippen LogP contribution < -0.4 is 10.5 Å². The molecule has 0 saturated heterocycles. The lowest BCUT2D eigenvalue weighted by Crippen LogP contribution is -2.36. The van der Waals surface area contributed by atoms with E-state index in [9.17, 15) is 8.42 Å². The van der Waals surface area contributed by atoms with Crippen LogP contribution in [-0.2, 0) is 10.0 Å². The van der Waals surface area contributed by atoms with Gasteiger partial charge >= 0.3 is 0 Å². The molecule has 0 bridgehead atoms. The molecule has 0 fully saturated rings. The first-order valence-corrected chi connectivity index (χ1v) is 5.33. The lowest BCUT2D eigenvalue weighted by atomic mass is 10.0. The minimum atomic E-state index is -3.05. The molecule has 0 rings (SSSR count). The van der Waals surface area contributed by atoms with E-state index in [1.54, 1.807) is 0 Å². The molecule has 0 aromatic carbocycles. The number of rotatable bonds is 4. The van der Waals surface area contributed by atoms with Gasteiger partial charge in [-0.15, -0.1) is 0 Å². The molecule has 11 heavy (non-hydrogen) atoms. The van der Waals surface area contributed by atoms with Crippen LogP contribution >= 0.6 is 0 Å². The lowest BCUT2D eigenvalue weighted by Gasteiger charge is -2.17. The van der Waals surface area contributed by atoms with E-state index in [4.69, 9.17) is 5.73 Å². The van der Waals surface area contributed by atoms with Crippen molar-refractivity contribution in [3.63, 3.8) is 0 Å². The van der Waals surface area contributed by atoms with E-state index < -0.39 is 10.0 Å². The SMILES string of the molecule is CC(C)(N)CCNS(C)(=O)=O. The molecule has 0 atom stereocenters. The van der Waals surface area contributed by atoms with Crippen molar-refractivity contribution in [1.29, 1.82) is 0 Å². The Morgan fingerprint density at radius 2 is 1.91 bits per heavy atom. The van der Waals surface area contributed by atoms with Gasteiger partial charge in [0, 0.05) is 12.1 Å². The van der Waals surface area contributed by atoms with Crippen LogP contribution in [0.25, 0.3) is 0 Å². The van der Waals surface area contributed by atoms with Crippen molar-refractivity contribution in [2.75, 3.05) is 12.8 Å². The summed E-state index contributed by atoms with van der Waals surface area (Å²) in [6.07, 6.45) is 1.77. The van der Waals surface area contributed by atoms with Gasteiger partial charge in [0.2, 0.25) is 10.0 Å². The van der Waals surface area contributed by atoms with Crippen molar-refractivity contribution in [2.24, 2.45) is 5.73 Å². The summed E-state index contributed by atoms with van der Waals surface area (Å²) < 4.78 is 23.5. The zero-order valence-electron chi connectivity index (χ0n) is 7.22. The van der Waals surface area contributed by atoms with E-state index in [0.717, 1.165) is 6.26 Å². The summed E-state index contributed by atoms with van der Waals surface area (Å²) in [4.78, 5) is 0. The molecule has 3 N–H and O–H groups in total. The van der Waals surface area contributed by atoms with Crippen LogP contribution in [0.1, 0.15) is 20.3 Å². The molecule has 0 aromatic rings. The highest BCUT2D eigenvalue weighted by Gasteiger charge is 2.10. The van der Waals surface area contributed by atoms with Crippen molar-refractivity contribution in [3.05, 3.63) is 0 Å². The summed E-state index contributed by atoms with van der Waals surface area (Å²) in [5, 5.41) is 0. The first kappa shape index (κ1) is 10.9. The van der Waals surface area contributed by atoms with Gasteiger partial charge < -0.3 is 5.73 Å². The Kier molecular flexibility index (Phi) is 3.47. The van der Waals surface area contributed by atoms with Crippen molar-refractivity contribution >= 4 is 10.0 Å². The quantitative estimate of drug-likeness (QED) is 0.622. The third-order valence-corrected chi connectivity index (χ3v) is 1.86. The van der Waals surface area contributed by atoms with Gasteiger partial charge in [0.15, 0.2) is 0 Å². The fraction of sp³-hybridized carbons (Fsp3) is 1.00. The third kappa shape index (κ3) is 9.87. The summed E-state index contributed by atoms with van der Waals surface area (Å²) in [6, 6.07) is 0. The number of nitrogens with two attached hydrogens (primary N) is 1. The van der Waals surface area contributed by atoms with Gasteiger partial charge in [-0.1, -0.05) is 0 Å². The van der Waals surface area contributed by atoms with E-state index >= 15 is 0 Å². The molecule has 0 aliphatic rings. The van der Waals surface area contributed by atoms with E-state index in [1.807, 2.05) is 13.8 Å². The van der Waals surface area contributed by atoms with Crippen LogP contribution in [0.5, 0.6) is 0 Å². The van der Waals surface area contributed by atoms with E-state index in [0.29, 0.717) is 13.0 Å². The summed E-state index contributed by atoms with van der Waals surface area (Å²) in [6.45, 7) is 4.12. The molecule has 0 unspecified atom stereocenters. The molecule has 0 aromatic heterocycles. The average Bonchev–Trinajstić information content (AvgIpc) is 1.55. The monoisotopic (exact) mass is 180 g/mol. The summed E-state index contributed by atoms with van der Waals surface area (Å²) in [7, 11) is -3.05. The zero-order chi connectivity index (χ0) is 9.12. The molecule has 68 valence electrons. The first-order chi connectivity index (χ1) is 4.71. The van der Waals surface area contributed by atoms with Crippen LogP contribution in [-0.4, -0.2) is 26.8 Å². The molecular weight excluding hydrogens is 164 g/mol. The van der Waals surface area contributed by atoms with Gasteiger partial charge in [0.25, 0.3) is 0 Å². The van der Waals surface area contributed by atoms with E-state index in [2.05, 4.69) is 4.72 Å². The van der Waals surface area contributed by atoms with Crippen molar-refractivity contribution in [3.8, 4) is 0 Å². The minimum absolute atomic E-state index is 0.308. The Balaban J connectivity index is 3.61. The molecule has 5 heteroatoms. The number of sulfonamides is 1. The predicted molar refractivity (Wildman–Crippen MR) is 45.7 cm³/mol. The number of nitrogens with one attached hydrogen (secondary N) is 1. The van der Waals surface area contributed by atoms with E-state index in [-0.39, 0.29) is 5.54 Å². The van der Waals surface area contributed by atoms with Crippen LogP contribution in [0.4, 0.5) is 0 Å². The lowest BCUT2D eigenvalue weighted by molar-refractivity contribution is 0.473. The van der Waals surface area contributed by atoms with Gasteiger partial charge in [0.05, 0.1) is 6.26 Å². The van der Waals surface area contributed by atoms with Crippen molar-refractivity contribution < 1.29 is 8.42 Å². The van der Waals surface area contributed by atoms with Crippen molar-refractivity contribution in [1.82, 2.24) is 4.72 Å². The second kappa shape index (κ2) is 3.51. The number of hydrogen-bond acceptors (Lipinski definition) is 3. The fourth-order valence-electron chi connectivity index (χ4n) is 0.559. The number of hydrogen-bond donors (Lipinski definition) is 2. The smallest absolute Gasteiger partial charge is 0.208 e. The molecule has 0 spiro atoms. The van der Waals surface area contributed by atoms with Crippen LogP contribution in [0.2, 0.25) is 0 Å². The molecule has 0 aliphatic carbocycles. The topological polar surface area (TPSA) is 72.2 Å². The largest absolute Gasteiger partial charge is 0.326 e. The average molecular weight is 180 g/mol. The Bertz CT molecular complexity index is 203. The molecule has 0 heterocycles. The van der Waals surface area contributed by atoms with E-state index in [1.165, 1.54) is 0 Å². The van der Waals surface area contributed by atoms with Crippen LogP contribution in [0.3, 0.4) is 0 Å². The van der Waals surface area contributed by atoms with Gasteiger partial charge in [-0.3, -0.25) is 0 Å². The standard InChI is InChI=1S/C6H16N2O2S/c1-6(2,7)4-5-8-11(3,9)10/h8H,4-5,7H2,1-3H3. The summed E-state index contributed by atoms with van der Waals surface area (Å²) in [5.41, 5.74) is 5.32. The second-order valence-electron chi connectivity index (χ2n) is 3.41. The molecular formula is C6H16N2O2S. The fourth-order valence-corrected chi connectivity index (χ4v) is 1.03. The maximum Gasteiger partial charge on any atom is 0.208 e. The first-order valence-electron chi connectivity index (χ1n) is 3.44. The minimum Gasteiger partial charge on any atom is -0.326 e. The van der Waals surface area contributed by atoms with Crippen molar-refractivity contribution in [2.45, 2.75) is 25.8 Å². The maximum atomic E-state index is 10.6. The summed E-state index contributed by atoms with van der Waals surface area (Å²) >= 11 is 0. The molecule has 0 aliphatic heterocycles. The molecule has 0 saturated carbocycles. The highest BCUT2D eigenvalue weighted by molar-refractivity contribution is 7.88. The highest BCUT2D eigenvalue weighted by atomic mass is 32.2. The summed E-state index contributed by atoms with van der Waals surface area (Å²) in [5.74, 6) is 0. The maximum absolute atomic E-state index is 10.6. The Morgan fingerprint density at radius 3 is 2.18 bits per heavy atom. The normalized spacial score (nSPS) is 13.5. The second-order valence-corrected chi connectivity index (χ2v) is 5.24. The Labute approximate surface area is 68.2 Å². The van der Waals surface area contributed by atoms with Gasteiger partial charge in [-0.2, -0.15) is 0 Å².